The molecule has 0 amide bonds. The van der Waals surface area contributed by atoms with Gasteiger partial charge in [-0.15, -0.1) is 0 Å². The highest BCUT2D eigenvalue weighted by atomic mass is 31.1. The van der Waals surface area contributed by atoms with Gasteiger partial charge in [-0.2, -0.15) is 0 Å². The van der Waals surface area contributed by atoms with Crippen LogP contribution >= 0.6 is 7.80 Å². The first-order valence-electron chi connectivity index (χ1n) is 5.13. The summed E-state index contributed by atoms with van der Waals surface area (Å²) >= 11 is 0. The molecule has 80 valence electrons. The van der Waals surface area contributed by atoms with E-state index in [-0.39, 0.29) is 0 Å². The van der Waals surface area contributed by atoms with Crippen molar-refractivity contribution in [3.8, 4) is 0 Å². The fourth-order valence-electron chi connectivity index (χ4n) is 1.53. The Morgan fingerprint density at radius 1 is 0.875 bits per heavy atom. The molecule has 0 saturated carbocycles. The van der Waals surface area contributed by atoms with Crippen molar-refractivity contribution in [2.24, 2.45) is 0 Å². The van der Waals surface area contributed by atoms with E-state index in [9.17, 15) is 4.57 Å². The molecule has 2 aromatic rings. The number of hydrogen-bond acceptors (Lipinski definition) is 1. The first-order valence-corrected chi connectivity index (χ1v) is 6.54. The third-order valence-corrected chi connectivity index (χ3v) is 4.16. The van der Waals surface area contributed by atoms with E-state index in [4.69, 9.17) is 0 Å². The molecule has 0 radical (unpaired) electrons. The van der Waals surface area contributed by atoms with Crippen molar-refractivity contribution in [3.63, 3.8) is 0 Å². The average Bonchev–Trinajstić information content (AvgIpc) is 2.39. The second-order valence-corrected chi connectivity index (χ2v) is 5.33. The van der Waals surface area contributed by atoms with E-state index in [1.807, 2.05) is 54.6 Å². The fraction of sp³-hybridized carbons (Fsp3) is 0. The summed E-state index contributed by atoms with van der Waals surface area (Å²) in [7, 11) is -1.85. The van der Waals surface area contributed by atoms with Crippen LogP contribution in [0, 0.1) is 0 Å². The van der Waals surface area contributed by atoms with Gasteiger partial charge in [0.1, 0.15) is 7.80 Å². The molecule has 0 aromatic heterocycles. The normalized spacial score (nSPS) is 12.0. The van der Waals surface area contributed by atoms with E-state index in [0.29, 0.717) is 0 Å². The molecule has 0 heterocycles. The zero-order valence-electron chi connectivity index (χ0n) is 8.89. The van der Waals surface area contributed by atoms with Gasteiger partial charge in [0.2, 0.25) is 0 Å². The lowest BCUT2D eigenvalue weighted by Crippen LogP contribution is -2.05. The molecule has 0 bridgehead atoms. The van der Waals surface area contributed by atoms with Crippen LogP contribution in [0.3, 0.4) is 0 Å². The molecule has 0 aliphatic rings. The molecule has 0 aliphatic heterocycles. The van der Waals surface area contributed by atoms with Crippen LogP contribution in [0.5, 0.6) is 0 Å². The van der Waals surface area contributed by atoms with Gasteiger partial charge in [0.25, 0.3) is 0 Å². The van der Waals surface area contributed by atoms with E-state index in [1.54, 1.807) is 6.08 Å². The van der Waals surface area contributed by atoms with Crippen molar-refractivity contribution in [1.82, 2.24) is 0 Å². The van der Waals surface area contributed by atoms with E-state index in [0.717, 1.165) is 16.2 Å². The molecule has 2 heteroatoms. The maximum absolute atomic E-state index is 12.2. The van der Waals surface area contributed by atoms with Crippen molar-refractivity contribution in [3.05, 3.63) is 66.7 Å². The van der Waals surface area contributed by atoms with Gasteiger partial charge in [0.05, 0.1) is 0 Å². The van der Waals surface area contributed by atoms with Gasteiger partial charge in [-0.3, -0.25) is 0 Å². The summed E-state index contributed by atoms with van der Waals surface area (Å²) < 4.78 is 12.2. The fourth-order valence-corrected chi connectivity index (χ4v) is 2.82. The van der Waals surface area contributed by atoms with Crippen molar-refractivity contribution < 1.29 is 4.57 Å². The van der Waals surface area contributed by atoms with Crippen molar-refractivity contribution in [2.75, 3.05) is 0 Å². The highest BCUT2D eigenvalue weighted by molar-refractivity contribution is 7.61. The Morgan fingerprint density at radius 2 is 1.44 bits per heavy atom. The molecule has 1 nitrogen and oxygen atoms in total. The topological polar surface area (TPSA) is 17.1 Å². The Bertz CT molecular complexity index is 500. The molecule has 0 fully saturated rings. The first kappa shape index (κ1) is 10.9. The standard InChI is InChI=1S/C14H13OP/c1-2-12-8-10-14(11-9-12)16(15)13-6-4-3-5-7-13/h2-11,16H,1H2. The Labute approximate surface area is 96.2 Å². The zero-order valence-corrected chi connectivity index (χ0v) is 9.89. The zero-order chi connectivity index (χ0) is 11.4. The Morgan fingerprint density at radius 3 is 2.00 bits per heavy atom. The van der Waals surface area contributed by atoms with E-state index < -0.39 is 7.80 Å². The van der Waals surface area contributed by atoms with E-state index in [2.05, 4.69) is 6.58 Å². The summed E-state index contributed by atoms with van der Waals surface area (Å²) in [6.07, 6.45) is 1.78. The number of hydrogen-bond donors (Lipinski definition) is 0. The second kappa shape index (κ2) is 4.96. The quantitative estimate of drug-likeness (QED) is 0.738. The monoisotopic (exact) mass is 228 g/mol. The second-order valence-electron chi connectivity index (χ2n) is 3.52. The van der Waals surface area contributed by atoms with Gasteiger partial charge in [0, 0.05) is 10.6 Å². The van der Waals surface area contributed by atoms with Crippen LogP contribution in [0.25, 0.3) is 6.08 Å². The summed E-state index contributed by atoms with van der Waals surface area (Å²) in [4.78, 5) is 0. The van der Waals surface area contributed by atoms with Crippen LogP contribution in [0.4, 0.5) is 0 Å². The molecule has 0 aliphatic carbocycles. The molecule has 2 rings (SSSR count). The maximum Gasteiger partial charge on any atom is 0.131 e. The Balaban J connectivity index is 2.31. The van der Waals surface area contributed by atoms with Gasteiger partial charge >= 0.3 is 0 Å². The van der Waals surface area contributed by atoms with Crippen molar-refractivity contribution >= 4 is 24.5 Å². The summed E-state index contributed by atoms with van der Waals surface area (Å²) in [6.45, 7) is 3.69. The average molecular weight is 228 g/mol. The first-order chi connectivity index (χ1) is 7.81. The van der Waals surface area contributed by atoms with Crippen LogP contribution in [-0.4, -0.2) is 0 Å². The third kappa shape index (κ3) is 2.32. The molecular formula is C14H13OP. The Hall–Kier alpha value is -1.59. The van der Waals surface area contributed by atoms with Crippen LogP contribution in [-0.2, 0) is 4.57 Å². The SMILES string of the molecule is C=Cc1ccc([PH](=O)c2ccccc2)cc1. The summed E-state index contributed by atoms with van der Waals surface area (Å²) in [6, 6.07) is 17.3. The number of rotatable bonds is 3. The van der Waals surface area contributed by atoms with Gasteiger partial charge < -0.3 is 4.57 Å². The van der Waals surface area contributed by atoms with Crippen molar-refractivity contribution in [1.29, 1.82) is 0 Å². The molecule has 0 saturated heterocycles. The third-order valence-electron chi connectivity index (χ3n) is 2.44. The van der Waals surface area contributed by atoms with Gasteiger partial charge in [-0.25, -0.2) is 0 Å². The maximum atomic E-state index is 12.2. The summed E-state index contributed by atoms with van der Waals surface area (Å²) in [5.41, 5.74) is 1.05. The lowest BCUT2D eigenvalue weighted by molar-refractivity contribution is 0.598. The largest absolute Gasteiger partial charge is 0.317 e. The minimum atomic E-state index is -1.85. The molecule has 2 aromatic carbocycles. The molecule has 0 N–H and O–H groups in total. The molecule has 1 atom stereocenters. The summed E-state index contributed by atoms with van der Waals surface area (Å²) in [5.74, 6) is 0. The van der Waals surface area contributed by atoms with Crippen LogP contribution in [0.2, 0.25) is 0 Å². The predicted octanol–water partition coefficient (Wildman–Crippen LogP) is 2.84. The van der Waals surface area contributed by atoms with Crippen molar-refractivity contribution in [2.45, 2.75) is 0 Å². The van der Waals surface area contributed by atoms with E-state index in [1.165, 1.54) is 0 Å². The Kier molecular flexibility index (Phi) is 3.38. The molecule has 1 unspecified atom stereocenters. The lowest BCUT2D eigenvalue weighted by Gasteiger charge is -2.02. The smallest absolute Gasteiger partial charge is 0.131 e. The van der Waals surface area contributed by atoms with Crippen LogP contribution < -0.4 is 10.6 Å². The molecular weight excluding hydrogens is 215 g/mol. The molecule has 0 spiro atoms. The summed E-state index contributed by atoms with van der Waals surface area (Å²) in [5, 5.41) is 1.79. The van der Waals surface area contributed by atoms with E-state index >= 15 is 0 Å². The minimum absolute atomic E-state index is 0.891. The van der Waals surface area contributed by atoms with Gasteiger partial charge in [-0.1, -0.05) is 67.3 Å². The lowest BCUT2D eigenvalue weighted by atomic mass is 10.2. The van der Waals surface area contributed by atoms with Gasteiger partial charge in [-0.05, 0) is 5.56 Å². The van der Waals surface area contributed by atoms with Crippen LogP contribution in [0.15, 0.2) is 61.2 Å². The highest BCUT2D eigenvalue weighted by Gasteiger charge is 2.04. The minimum Gasteiger partial charge on any atom is -0.317 e. The molecule has 16 heavy (non-hydrogen) atoms. The number of benzene rings is 2. The van der Waals surface area contributed by atoms with Gasteiger partial charge in [0.15, 0.2) is 0 Å². The highest BCUT2D eigenvalue weighted by Crippen LogP contribution is 2.19. The van der Waals surface area contributed by atoms with Crippen LogP contribution in [0.1, 0.15) is 5.56 Å². The predicted molar refractivity (Wildman–Crippen MR) is 71.2 cm³/mol.